The molecule has 0 bridgehead atoms. The first-order valence-electron chi connectivity index (χ1n) is 8.55. The van der Waals surface area contributed by atoms with Gasteiger partial charge < -0.3 is 5.32 Å². The second-order valence-corrected chi connectivity index (χ2v) is 6.20. The Balaban J connectivity index is 2.34. The van der Waals surface area contributed by atoms with Gasteiger partial charge in [-0.25, -0.2) is 0 Å². The van der Waals surface area contributed by atoms with E-state index in [1.807, 2.05) is 0 Å². The first kappa shape index (κ1) is 16.0. The highest BCUT2D eigenvalue weighted by Crippen LogP contribution is 2.30. The molecule has 108 valence electrons. The molecule has 1 aliphatic carbocycles. The maximum Gasteiger partial charge on any atom is 0.00952 e. The van der Waals surface area contributed by atoms with Crippen LogP contribution >= 0.6 is 0 Å². The van der Waals surface area contributed by atoms with Crippen molar-refractivity contribution in [2.45, 2.75) is 91.0 Å². The zero-order valence-corrected chi connectivity index (χ0v) is 13.0. The van der Waals surface area contributed by atoms with Crippen molar-refractivity contribution in [3.63, 3.8) is 0 Å². The Bertz CT molecular complexity index is 184. The third kappa shape index (κ3) is 5.73. The molecule has 0 aromatic rings. The van der Waals surface area contributed by atoms with Crippen molar-refractivity contribution in [3.8, 4) is 0 Å². The lowest BCUT2D eigenvalue weighted by atomic mass is 9.86. The van der Waals surface area contributed by atoms with Gasteiger partial charge in [0.1, 0.15) is 0 Å². The lowest BCUT2D eigenvalue weighted by Gasteiger charge is -2.28. The minimum absolute atomic E-state index is 0.784. The van der Waals surface area contributed by atoms with E-state index in [4.69, 9.17) is 0 Å². The Morgan fingerprint density at radius 3 is 2.33 bits per heavy atom. The molecular formula is C17H35N. The van der Waals surface area contributed by atoms with Crippen molar-refractivity contribution in [1.29, 1.82) is 0 Å². The summed E-state index contributed by atoms with van der Waals surface area (Å²) in [5.41, 5.74) is 0. The summed E-state index contributed by atoms with van der Waals surface area (Å²) in [5.74, 6) is 1.96. The van der Waals surface area contributed by atoms with Gasteiger partial charge in [-0.3, -0.25) is 0 Å². The fourth-order valence-corrected chi connectivity index (χ4v) is 3.64. The second kappa shape index (κ2) is 9.83. The van der Waals surface area contributed by atoms with Crippen LogP contribution in [0.5, 0.6) is 0 Å². The Hall–Kier alpha value is -0.0400. The quantitative estimate of drug-likeness (QED) is 0.567. The lowest BCUT2D eigenvalue weighted by molar-refractivity contribution is 0.286. The number of hydrogen-bond donors (Lipinski definition) is 1. The Labute approximate surface area is 115 Å². The van der Waals surface area contributed by atoms with E-state index in [0.29, 0.717) is 0 Å². The van der Waals surface area contributed by atoms with Crippen molar-refractivity contribution in [2.24, 2.45) is 11.8 Å². The molecule has 1 aliphatic rings. The van der Waals surface area contributed by atoms with Crippen LogP contribution in [0.1, 0.15) is 85.0 Å². The van der Waals surface area contributed by atoms with Gasteiger partial charge in [0.15, 0.2) is 0 Å². The second-order valence-electron chi connectivity index (χ2n) is 6.20. The van der Waals surface area contributed by atoms with E-state index < -0.39 is 0 Å². The van der Waals surface area contributed by atoms with E-state index in [2.05, 4.69) is 26.1 Å². The van der Waals surface area contributed by atoms with Gasteiger partial charge in [0, 0.05) is 6.04 Å². The van der Waals surface area contributed by atoms with Crippen LogP contribution in [-0.4, -0.2) is 12.6 Å². The maximum absolute atomic E-state index is 3.77. The Kier molecular flexibility index (Phi) is 8.75. The summed E-state index contributed by atoms with van der Waals surface area (Å²) in [4.78, 5) is 0. The Morgan fingerprint density at radius 2 is 1.78 bits per heavy atom. The molecule has 2 unspecified atom stereocenters. The minimum atomic E-state index is 0.784. The van der Waals surface area contributed by atoms with Crippen LogP contribution in [-0.2, 0) is 0 Å². The van der Waals surface area contributed by atoms with E-state index in [9.17, 15) is 0 Å². The molecule has 1 N–H and O–H groups in total. The third-order valence-electron chi connectivity index (χ3n) is 4.85. The van der Waals surface area contributed by atoms with Crippen molar-refractivity contribution in [2.75, 3.05) is 6.54 Å². The molecule has 1 rings (SSSR count). The molecule has 18 heavy (non-hydrogen) atoms. The number of hydrogen-bond acceptors (Lipinski definition) is 1. The average molecular weight is 253 g/mol. The maximum atomic E-state index is 3.77. The molecule has 0 aromatic carbocycles. The molecular weight excluding hydrogens is 218 g/mol. The molecule has 0 radical (unpaired) electrons. The molecule has 1 nitrogen and oxygen atoms in total. The molecule has 1 fully saturated rings. The third-order valence-corrected chi connectivity index (χ3v) is 4.85. The highest BCUT2D eigenvalue weighted by atomic mass is 14.9. The van der Waals surface area contributed by atoms with Crippen LogP contribution in [0.4, 0.5) is 0 Å². The average Bonchev–Trinajstić information content (AvgIpc) is 2.89. The van der Waals surface area contributed by atoms with Crippen molar-refractivity contribution >= 4 is 0 Å². The summed E-state index contributed by atoms with van der Waals surface area (Å²) in [5, 5.41) is 3.77. The lowest BCUT2D eigenvalue weighted by Crippen LogP contribution is -2.36. The standard InChI is InChI=1S/C17H35N/c1-4-7-12-16(5-2)17(18-6-3)14-13-15-10-8-9-11-15/h15-18H,4-14H2,1-3H3. The van der Waals surface area contributed by atoms with Gasteiger partial charge in [-0.2, -0.15) is 0 Å². The highest BCUT2D eigenvalue weighted by molar-refractivity contribution is 4.78. The molecule has 1 saturated carbocycles. The van der Waals surface area contributed by atoms with Gasteiger partial charge >= 0.3 is 0 Å². The summed E-state index contributed by atoms with van der Waals surface area (Å²) in [6.45, 7) is 8.08. The normalized spacial score (nSPS) is 20.2. The molecule has 0 aliphatic heterocycles. The van der Waals surface area contributed by atoms with Crippen LogP contribution in [0.25, 0.3) is 0 Å². The van der Waals surface area contributed by atoms with Gasteiger partial charge in [-0.1, -0.05) is 65.7 Å². The van der Waals surface area contributed by atoms with Gasteiger partial charge in [-0.15, -0.1) is 0 Å². The predicted molar refractivity (Wildman–Crippen MR) is 82.0 cm³/mol. The Morgan fingerprint density at radius 1 is 1.06 bits per heavy atom. The van der Waals surface area contributed by atoms with Crippen molar-refractivity contribution in [3.05, 3.63) is 0 Å². The van der Waals surface area contributed by atoms with Crippen LogP contribution < -0.4 is 5.32 Å². The van der Waals surface area contributed by atoms with Crippen LogP contribution in [0.15, 0.2) is 0 Å². The van der Waals surface area contributed by atoms with Gasteiger partial charge in [0.25, 0.3) is 0 Å². The van der Waals surface area contributed by atoms with E-state index in [1.54, 1.807) is 0 Å². The fourth-order valence-electron chi connectivity index (χ4n) is 3.64. The minimum Gasteiger partial charge on any atom is -0.314 e. The molecule has 1 heteroatoms. The first-order chi connectivity index (χ1) is 8.81. The molecule has 0 amide bonds. The predicted octanol–water partition coefficient (Wildman–Crippen LogP) is 5.15. The summed E-state index contributed by atoms with van der Waals surface area (Å²) in [6, 6.07) is 0.784. The number of unbranched alkanes of at least 4 members (excludes halogenated alkanes) is 1. The fraction of sp³-hybridized carbons (Fsp3) is 1.00. The van der Waals surface area contributed by atoms with E-state index in [-0.39, 0.29) is 0 Å². The zero-order valence-electron chi connectivity index (χ0n) is 13.0. The van der Waals surface area contributed by atoms with Crippen LogP contribution in [0.3, 0.4) is 0 Å². The van der Waals surface area contributed by atoms with Crippen molar-refractivity contribution in [1.82, 2.24) is 5.32 Å². The largest absolute Gasteiger partial charge is 0.314 e. The smallest absolute Gasteiger partial charge is 0.00952 e. The van der Waals surface area contributed by atoms with E-state index >= 15 is 0 Å². The number of rotatable bonds is 10. The first-order valence-corrected chi connectivity index (χ1v) is 8.55. The highest BCUT2D eigenvalue weighted by Gasteiger charge is 2.21. The molecule has 0 aromatic heterocycles. The summed E-state index contributed by atoms with van der Waals surface area (Å²) in [7, 11) is 0. The van der Waals surface area contributed by atoms with E-state index in [1.165, 1.54) is 64.2 Å². The summed E-state index contributed by atoms with van der Waals surface area (Å²) in [6.07, 6.45) is 14.4. The molecule has 0 heterocycles. The van der Waals surface area contributed by atoms with Gasteiger partial charge in [0.05, 0.1) is 0 Å². The molecule has 0 saturated heterocycles. The molecule has 2 atom stereocenters. The topological polar surface area (TPSA) is 12.0 Å². The van der Waals surface area contributed by atoms with Crippen LogP contribution in [0.2, 0.25) is 0 Å². The van der Waals surface area contributed by atoms with E-state index in [0.717, 1.165) is 24.4 Å². The summed E-state index contributed by atoms with van der Waals surface area (Å²) < 4.78 is 0. The van der Waals surface area contributed by atoms with Crippen molar-refractivity contribution < 1.29 is 0 Å². The number of nitrogens with one attached hydrogen (secondary N) is 1. The van der Waals surface area contributed by atoms with Crippen LogP contribution in [0, 0.1) is 11.8 Å². The zero-order chi connectivity index (χ0) is 13.2. The van der Waals surface area contributed by atoms with Gasteiger partial charge in [-0.05, 0) is 37.6 Å². The van der Waals surface area contributed by atoms with Gasteiger partial charge in [0.2, 0.25) is 0 Å². The molecule has 0 spiro atoms. The summed E-state index contributed by atoms with van der Waals surface area (Å²) >= 11 is 0. The SMILES string of the molecule is CCCCC(CC)C(CCC1CCCC1)NCC. The monoisotopic (exact) mass is 253 g/mol.